The van der Waals surface area contributed by atoms with E-state index in [1.165, 1.54) is 4.90 Å². The SMILES string of the molecule is CCC(C)N(CC(=O)O)C(=O)Cc1ccc(C)cc1. The van der Waals surface area contributed by atoms with Gasteiger partial charge in [-0.1, -0.05) is 36.8 Å². The summed E-state index contributed by atoms with van der Waals surface area (Å²) in [4.78, 5) is 24.5. The number of carbonyl (C=O) groups excluding carboxylic acids is 1. The van der Waals surface area contributed by atoms with Crippen LogP contribution in [0.2, 0.25) is 0 Å². The van der Waals surface area contributed by atoms with Gasteiger partial charge in [-0.2, -0.15) is 0 Å². The number of carboxylic acids is 1. The first-order valence-electron chi connectivity index (χ1n) is 6.50. The Kier molecular flexibility index (Phi) is 5.55. The van der Waals surface area contributed by atoms with Crippen LogP contribution in [0.25, 0.3) is 0 Å². The number of aliphatic carboxylic acids is 1. The number of rotatable bonds is 6. The zero-order valence-corrected chi connectivity index (χ0v) is 11.7. The third-order valence-corrected chi connectivity index (χ3v) is 3.22. The molecule has 0 aliphatic carbocycles. The number of carbonyl (C=O) groups is 2. The second kappa shape index (κ2) is 6.92. The van der Waals surface area contributed by atoms with Crippen molar-refractivity contribution in [3.8, 4) is 0 Å². The Balaban J connectivity index is 2.76. The minimum atomic E-state index is -0.974. The van der Waals surface area contributed by atoms with Crippen LogP contribution in [0, 0.1) is 6.92 Å². The first kappa shape index (κ1) is 15.2. The maximum absolute atomic E-state index is 12.2. The van der Waals surface area contributed by atoms with E-state index in [-0.39, 0.29) is 24.9 Å². The lowest BCUT2D eigenvalue weighted by Gasteiger charge is -2.27. The van der Waals surface area contributed by atoms with Gasteiger partial charge in [0.1, 0.15) is 6.54 Å². The van der Waals surface area contributed by atoms with Crippen molar-refractivity contribution in [3.63, 3.8) is 0 Å². The van der Waals surface area contributed by atoms with Crippen LogP contribution in [0.4, 0.5) is 0 Å². The lowest BCUT2D eigenvalue weighted by atomic mass is 10.1. The van der Waals surface area contributed by atoms with E-state index in [9.17, 15) is 9.59 Å². The molecular formula is C15H21NO3. The Morgan fingerprint density at radius 3 is 2.32 bits per heavy atom. The Morgan fingerprint density at radius 1 is 1.26 bits per heavy atom. The first-order valence-corrected chi connectivity index (χ1v) is 6.50. The second-order valence-electron chi connectivity index (χ2n) is 4.84. The number of hydrogen-bond donors (Lipinski definition) is 1. The highest BCUT2D eigenvalue weighted by molar-refractivity contribution is 5.83. The number of nitrogens with zero attached hydrogens (tertiary/aromatic N) is 1. The second-order valence-corrected chi connectivity index (χ2v) is 4.84. The predicted octanol–water partition coefficient (Wildman–Crippen LogP) is 2.25. The molecule has 1 unspecified atom stereocenters. The van der Waals surface area contributed by atoms with Gasteiger partial charge in [-0.05, 0) is 25.8 Å². The standard InChI is InChI=1S/C15H21NO3/c1-4-12(3)16(10-15(18)19)14(17)9-13-7-5-11(2)6-8-13/h5-8,12H,4,9-10H2,1-3H3,(H,18,19). The van der Waals surface area contributed by atoms with Crippen molar-refractivity contribution < 1.29 is 14.7 Å². The molecule has 0 radical (unpaired) electrons. The fourth-order valence-corrected chi connectivity index (χ4v) is 1.84. The van der Waals surface area contributed by atoms with E-state index < -0.39 is 5.97 Å². The summed E-state index contributed by atoms with van der Waals surface area (Å²) in [5.41, 5.74) is 2.05. The zero-order valence-electron chi connectivity index (χ0n) is 11.7. The lowest BCUT2D eigenvalue weighted by molar-refractivity contribution is -0.145. The fraction of sp³-hybridized carbons (Fsp3) is 0.467. The Bertz CT molecular complexity index is 439. The average Bonchev–Trinajstić information content (AvgIpc) is 2.37. The van der Waals surface area contributed by atoms with Crippen LogP contribution in [0.15, 0.2) is 24.3 Å². The Hall–Kier alpha value is -1.84. The quantitative estimate of drug-likeness (QED) is 0.856. The highest BCUT2D eigenvalue weighted by atomic mass is 16.4. The normalized spacial score (nSPS) is 11.9. The molecule has 1 rings (SSSR count). The summed E-state index contributed by atoms with van der Waals surface area (Å²) in [6.07, 6.45) is 0.991. The van der Waals surface area contributed by atoms with Gasteiger partial charge in [0.25, 0.3) is 0 Å². The van der Waals surface area contributed by atoms with Gasteiger partial charge in [-0.25, -0.2) is 0 Å². The summed E-state index contributed by atoms with van der Waals surface area (Å²) in [5.74, 6) is -1.11. The Labute approximate surface area is 114 Å². The van der Waals surface area contributed by atoms with E-state index in [0.29, 0.717) is 0 Å². The molecule has 0 fully saturated rings. The van der Waals surface area contributed by atoms with Crippen molar-refractivity contribution in [2.75, 3.05) is 6.54 Å². The summed E-state index contributed by atoms with van der Waals surface area (Å²) in [6.45, 7) is 5.57. The van der Waals surface area contributed by atoms with Crippen LogP contribution in [0.5, 0.6) is 0 Å². The predicted molar refractivity (Wildman–Crippen MR) is 74.0 cm³/mol. The van der Waals surface area contributed by atoms with Gasteiger partial charge in [0, 0.05) is 6.04 Å². The van der Waals surface area contributed by atoms with Gasteiger partial charge in [0.15, 0.2) is 0 Å². The first-order chi connectivity index (χ1) is 8.93. The van der Waals surface area contributed by atoms with Crippen LogP contribution in [-0.4, -0.2) is 34.5 Å². The van der Waals surface area contributed by atoms with Crippen molar-refractivity contribution in [3.05, 3.63) is 35.4 Å². The van der Waals surface area contributed by atoms with Gasteiger partial charge < -0.3 is 10.0 Å². The molecule has 1 aromatic rings. The largest absolute Gasteiger partial charge is 0.480 e. The number of benzene rings is 1. The van der Waals surface area contributed by atoms with Gasteiger partial charge >= 0.3 is 5.97 Å². The smallest absolute Gasteiger partial charge is 0.323 e. The molecule has 0 saturated heterocycles. The number of amides is 1. The Morgan fingerprint density at radius 2 is 1.84 bits per heavy atom. The van der Waals surface area contributed by atoms with Gasteiger partial charge in [0.05, 0.1) is 6.42 Å². The highest BCUT2D eigenvalue weighted by Gasteiger charge is 2.21. The molecule has 19 heavy (non-hydrogen) atoms. The average molecular weight is 263 g/mol. The van der Waals surface area contributed by atoms with Gasteiger partial charge in [-0.15, -0.1) is 0 Å². The van der Waals surface area contributed by atoms with Crippen LogP contribution in [-0.2, 0) is 16.0 Å². The maximum atomic E-state index is 12.2. The molecule has 1 amide bonds. The lowest BCUT2D eigenvalue weighted by Crippen LogP contribution is -2.42. The molecule has 0 aromatic heterocycles. The van der Waals surface area contributed by atoms with E-state index >= 15 is 0 Å². The molecule has 4 nitrogen and oxygen atoms in total. The summed E-state index contributed by atoms with van der Waals surface area (Å²) in [5, 5.41) is 8.89. The van der Waals surface area contributed by atoms with Gasteiger partial charge in [0.2, 0.25) is 5.91 Å². The van der Waals surface area contributed by atoms with Crippen LogP contribution >= 0.6 is 0 Å². The van der Waals surface area contributed by atoms with Crippen molar-refractivity contribution in [1.29, 1.82) is 0 Å². The summed E-state index contributed by atoms with van der Waals surface area (Å²) in [6, 6.07) is 7.65. The summed E-state index contributed by atoms with van der Waals surface area (Å²) >= 11 is 0. The number of hydrogen-bond acceptors (Lipinski definition) is 2. The third kappa shape index (κ3) is 4.73. The van der Waals surface area contributed by atoms with Crippen LogP contribution in [0.1, 0.15) is 31.4 Å². The topological polar surface area (TPSA) is 57.6 Å². The third-order valence-electron chi connectivity index (χ3n) is 3.22. The van der Waals surface area contributed by atoms with E-state index in [1.807, 2.05) is 45.0 Å². The molecule has 0 aliphatic heterocycles. The van der Waals surface area contributed by atoms with Crippen molar-refractivity contribution >= 4 is 11.9 Å². The summed E-state index contributed by atoms with van der Waals surface area (Å²) in [7, 11) is 0. The van der Waals surface area contributed by atoms with Crippen molar-refractivity contribution in [2.45, 2.75) is 39.7 Å². The zero-order chi connectivity index (χ0) is 14.4. The minimum absolute atomic E-state index is 0.0611. The highest BCUT2D eigenvalue weighted by Crippen LogP contribution is 2.09. The molecule has 0 spiro atoms. The monoisotopic (exact) mass is 263 g/mol. The van der Waals surface area contributed by atoms with E-state index in [0.717, 1.165) is 17.5 Å². The van der Waals surface area contributed by atoms with Crippen molar-refractivity contribution in [2.24, 2.45) is 0 Å². The van der Waals surface area contributed by atoms with Crippen molar-refractivity contribution in [1.82, 2.24) is 4.90 Å². The van der Waals surface area contributed by atoms with E-state index in [4.69, 9.17) is 5.11 Å². The molecular weight excluding hydrogens is 242 g/mol. The maximum Gasteiger partial charge on any atom is 0.323 e. The minimum Gasteiger partial charge on any atom is -0.480 e. The molecule has 4 heteroatoms. The molecule has 104 valence electrons. The molecule has 1 aromatic carbocycles. The molecule has 0 heterocycles. The summed E-state index contributed by atoms with van der Waals surface area (Å²) < 4.78 is 0. The van der Waals surface area contributed by atoms with Gasteiger partial charge in [-0.3, -0.25) is 9.59 Å². The molecule has 1 N–H and O–H groups in total. The fourth-order valence-electron chi connectivity index (χ4n) is 1.84. The number of carboxylic acid groups (broad SMARTS) is 1. The number of aryl methyl sites for hydroxylation is 1. The van der Waals surface area contributed by atoms with E-state index in [2.05, 4.69) is 0 Å². The van der Waals surface area contributed by atoms with Crippen LogP contribution < -0.4 is 0 Å². The molecule has 0 bridgehead atoms. The molecule has 0 saturated carbocycles. The molecule has 1 atom stereocenters. The van der Waals surface area contributed by atoms with Crippen LogP contribution in [0.3, 0.4) is 0 Å². The van der Waals surface area contributed by atoms with E-state index in [1.54, 1.807) is 0 Å². The molecule has 0 aliphatic rings.